The number of fused-ring (bicyclic) bond motifs is 1. The molecule has 2 rings (SSSR count). The van der Waals surface area contributed by atoms with Crippen molar-refractivity contribution in [1.29, 1.82) is 0 Å². The van der Waals surface area contributed by atoms with Gasteiger partial charge in [-0.3, -0.25) is 4.79 Å². The number of phenolic OH excluding ortho intramolecular Hbond substituents is 1. The molecule has 1 aromatic rings. The van der Waals surface area contributed by atoms with Gasteiger partial charge in [0.25, 0.3) is 0 Å². The molecule has 7 heteroatoms. The summed E-state index contributed by atoms with van der Waals surface area (Å²) in [6.07, 6.45) is 0. The van der Waals surface area contributed by atoms with Gasteiger partial charge in [0.2, 0.25) is 0 Å². The lowest BCUT2D eigenvalue weighted by atomic mass is 9.96. The highest BCUT2D eigenvalue weighted by atomic mass is 19.1. The first-order valence-electron chi connectivity index (χ1n) is 5.30. The second-order valence-electron chi connectivity index (χ2n) is 3.77. The zero-order valence-electron chi connectivity index (χ0n) is 9.35. The van der Waals surface area contributed by atoms with Crippen molar-refractivity contribution in [1.82, 2.24) is 0 Å². The summed E-state index contributed by atoms with van der Waals surface area (Å²) in [5, 5.41) is 18.5. The molecule has 18 heavy (non-hydrogen) atoms. The molecule has 0 aromatic heterocycles. The van der Waals surface area contributed by atoms with Crippen molar-refractivity contribution in [3.63, 3.8) is 0 Å². The van der Waals surface area contributed by atoms with Crippen molar-refractivity contribution >= 4 is 5.97 Å². The Bertz CT molecular complexity index is 491. The quantitative estimate of drug-likeness (QED) is 0.725. The number of hydrogen-bond acceptors (Lipinski definition) is 5. The van der Waals surface area contributed by atoms with E-state index in [1.807, 2.05) is 0 Å². The van der Waals surface area contributed by atoms with Crippen LogP contribution in [0, 0.1) is 5.82 Å². The van der Waals surface area contributed by atoms with Gasteiger partial charge in [0.05, 0.1) is 5.56 Å². The molecule has 1 unspecified atom stereocenters. The number of benzene rings is 1. The first-order valence-corrected chi connectivity index (χ1v) is 5.30. The fourth-order valence-electron chi connectivity index (χ4n) is 1.83. The van der Waals surface area contributed by atoms with Crippen LogP contribution in [0.4, 0.5) is 4.39 Å². The highest BCUT2D eigenvalue weighted by Crippen LogP contribution is 2.43. The van der Waals surface area contributed by atoms with Gasteiger partial charge in [-0.25, -0.2) is 4.39 Å². The minimum absolute atomic E-state index is 0.00519. The van der Waals surface area contributed by atoms with Gasteiger partial charge in [-0.15, -0.1) is 0 Å². The molecule has 6 nitrogen and oxygen atoms in total. The topological polar surface area (TPSA) is 102 Å². The maximum Gasteiger partial charge on any atom is 0.312 e. The van der Waals surface area contributed by atoms with Gasteiger partial charge in [0.1, 0.15) is 19.1 Å². The minimum Gasteiger partial charge on any atom is -0.505 e. The van der Waals surface area contributed by atoms with Gasteiger partial charge in [-0.2, -0.15) is 0 Å². The molecule has 1 heterocycles. The predicted molar refractivity (Wildman–Crippen MR) is 58.5 cm³/mol. The monoisotopic (exact) mass is 257 g/mol. The summed E-state index contributed by atoms with van der Waals surface area (Å²) in [4.78, 5) is 11.1. The van der Waals surface area contributed by atoms with Crippen molar-refractivity contribution in [2.24, 2.45) is 5.73 Å². The third-order valence-electron chi connectivity index (χ3n) is 2.67. The molecule has 1 aliphatic heterocycles. The van der Waals surface area contributed by atoms with E-state index in [4.69, 9.17) is 20.3 Å². The van der Waals surface area contributed by atoms with Gasteiger partial charge in [0.15, 0.2) is 23.1 Å². The molecule has 4 N–H and O–H groups in total. The molecule has 0 radical (unpaired) electrons. The average molecular weight is 257 g/mol. The van der Waals surface area contributed by atoms with E-state index in [1.165, 1.54) is 0 Å². The molecule has 0 spiro atoms. The zero-order valence-corrected chi connectivity index (χ0v) is 9.35. The molecule has 0 saturated carbocycles. The van der Waals surface area contributed by atoms with Crippen LogP contribution in [0.5, 0.6) is 17.2 Å². The molecular weight excluding hydrogens is 245 g/mol. The fraction of sp³-hybridized carbons (Fsp3) is 0.364. The lowest BCUT2D eigenvalue weighted by Gasteiger charge is -2.24. The van der Waals surface area contributed by atoms with Crippen LogP contribution in [-0.2, 0) is 4.79 Å². The summed E-state index contributed by atoms with van der Waals surface area (Å²) < 4.78 is 24.3. The van der Waals surface area contributed by atoms with E-state index < -0.39 is 23.5 Å². The van der Waals surface area contributed by atoms with Crippen LogP contribution in [0.3, 0.4) is 0 Å². The van der Waals surface area contributed by atoms with Gasteiger partial charge in [0, 0.05) is 12.6 Å². The Labute approximate surface area is 102 Å². The first kappa shape index (κ1) is 12.4. The summed E-state index contributed by atoms with van der Waals surface area (Å²) in [5.74, 6) is -4.21. The van der Waals surface area contributed by atoms with Gasteiger partial charge >= 0.3 is 5.97 Å². The highest BCUT2D eigenvalue weighted by molar-refractivity contribution is 5.79. The lowest BCUT2D eigenvalue weighted by molar-refractivity contribution is -0.138. The molecule has 0 bridgehead atoms. The molecule has 0 aliphatic carbocycles. The number of carboxylic acid groups (broad SMARTS) is 1. The predicted octanol–water partition coefficient (Wildman–Crippen LogP) is 0.429. The van der Waals surface area contributed by atoms with Crippen LogP contribution in [0.2, 0.25) is 0 Å². The van der Waals surface area contributed by atoms with Crippen molar-refractivity contribution < 1.29 is 28.9 Å². The number of nitrogens with two attached hydrogens (primary N) is 1. The molecule has 0 fully saturated rings. The Balaban J connectivity index is 2.63. The Morgan fingerprint density at radius 3 is 2.78 bits per heavy atom. The van der Waals surface area contributed by atoms with Crippen molar-refractivity contribution in [2.45, 2.75) is 5.92 Å². The number of carbonyl (C=O) groups is 1. The molecular formula is C11H12FNO5. The van der Waals surface area contributed by atoms with Crippen LogP contribution < -0.4 is 15.2 Å². The van der Waals surface area contributed by atoms with Crippen LogP contribution in [0.1, 0.15) is 11.5 Å². The maximum absolute atomic E-state index is 13.9. The fourth-order valence-corrected chi connectivity index (χ4v) is 1.83. The van der Waals surface area contributed by atoms with Crippen molar-refractivity contribution in [3.8, 4) is 17.2 Å². The summed E-state index contributed by atoms with van der Waals surface area (Å²) in [7, 11) is 0. The molecule has 1 aliphatic rings. The van der Waals surface area contributed by atoms with E-state index >= 15 is 0 Å². The number of aliphatic carboxylic acids is 1. The summed E-state index contributed by atoms with van der Waals surface area (Å²) in [6, 6.07) is 1.06. The number of phenols is 1. The number of rotatable bonds is 3. The third-order valence-corrected chi connectivity index (χ3v) is 2.67. The summed E-state index contributed by atoms with van der Waals surface area (Å²) in [6.45, 7) is 0.116. The van der Waals surface area contributed by atoms with E-state index in [-0.39, 0.29) is 36.8 Å². The van der Waals surface area contributed by atoms with Crippen LogP contribution in [-0.4, -0.2) is 35.9 Å². The molecule has 1 aromatic carbocycles. The molecule has 0 saturated heterocycles. The lowest BCUT2D eigenvalue weighted by Crippen LogP contribution is -2.25. The van der Waals surface area contributed by atoms with E-state index in [0.29, 0.717) is 0 Å². The SMILES string of the molecule is NCC(C(=O)O)c1c(F)c(O)cc2c1OCCO2. The van der Waals surface area contributed by atoms with Crippen molar-refractivity contribution in [2.75, 3.05) is 19.8 Å². The smallest absolute Gasteiger partial charge is 0.312 e. The molecule has 98 valence electrons. The number of ether oxygens (including phenoxy) is 2. The Hall–Kier alpha value is -2.02. The van der Waals surface area contributed by atoms with Crippen LogP contribution in [0.25, 0.3) is 0 Å². The van der Waals surface area contributed by atoms with E-state index in [2.05, 4.69) is 0 Å². The first-order chi connectivity index (χ1) is 8.56. The Kier molecular flexibility index (Phi) is 3.24. The van der Waals surface area contributed by atoms with Crippen molar-refractivity contribution in [3.05, 3.63) is 17.4 Å². The van der Waals surface area contributed by atoms with Gasteiger partial charge < -0.3 is 25.4 Å². The second-order valence-corrected chi connectivity index (χ2v) is 3.77. The number of carboxylic acids is 1. The highest BCUT2D eigenvalue weighted by Gasteiger charge is 2.31. The molecule has 0 amide bonds. The van der Waals surface area contributed by atoms with E-state index in [9.17, 15) is 14.3 Å². The largest absolute Gasteiger partial charge is 0.505 e. The maximum atomic E-state index is 13.9. The third kappa shape index (κ3) is 1.92. The van der Waals surface area contributed by atoms with Gasteiger partial charge in [-0.1, -0.05) is 0 Å². The Morgan fingerprint density at radius 1 is 1.50 bits per heavy atom. The van der Waals surface area contributed by atoms with E-state index in [0.717, 1.165) is 6.07 Å². The van der Waals surface area contributed by atoms with Crippen LogP contribution >= 0.6 is 0 Å². The normalized spacial score (nSPS) is 15.2. The van der Waals surface area contributed by atoms with E-state index in [1.54, 1.807) is 0 Å². The summed E-state index contributed by atoms with van der Waals surface area (Å²) >= 11 is 0. The summed E-state index contributed by atoms with van der Waals surface area (Å²) in [5.41, 5.74) is 5.05. The number of aromatic hydroxyl groups is 1. The second kappa shape index (κ2) is 4.69. The standard InChI is InChI=1S/C11H12FNO5/c12-9-6(14)3-7-10(18-2-1-17-7)8(9)5(4-13)11(15)16/h3,5,14H,1-2,4,13H2,(H,15,16). The zero-order chi connectivity index (χ0) is 13.3. The van der Waals surface area contributed by atoms with Crippen LogP contribution in [0.15, 0.2) is 6.07 Å². The minimum atomic E-state index is -1.30. The van der Waals surface area contributed by atoms with Gasteiger partial charge in [-0.05, 0) is 0 Å². The molecule has 1 atom stereocenters. The Morgan fingerprint density at radius 2 is 2.17 bits per heavy atom. The number of halogens is 1. The number of hydrogen-bond donors (Lipinski definition) is 3. The average Bonchev–Trinajstić information content (AvgIpc) is 2.34.